The van der Waals surface area contributed by atoms with Crippen LogP contribution < -0.4 is 10.5 Å². The van der Waals surface area contributed by atoms with Crippen LogP contribution in [-0.4, -0.2) is 37.7 Å². The maximum absolute atomic E-state index is 6.11. The summed E-state index contributed by atoms with van der Waals surface area (Å²) in [5.74, 6) is 1.02. The van der Waals surface area contributed by atoms with Gasteiger partial charge >= 0.3 is 0 Å². The largest absolute Gasteiger partial charge is 0.489 e. The minimum atomic E-state index is 0.345. The molecule has 3 heteroatoms. The third-order valence-electron chi connectivity index (χ3n) is 3.70. The molecule has 0 aromatic heterocycles. The van der Waals surface area contributed by atoms with E-state index in [1.807, 2.05) is 0 Å². The van der Waals surface area contributed by atoms with E-state index in [2.05, 4.69) is 36.2 Å². The normalized spacial score (nSPS) is 20.4. The standard InChI is InChI=1S/C16H26N2O/c1-18-11-5-9-16(13-18)19-15-8-4-7-14(12-15)6-2-3-10-17/h4,7-8,12,16H,2-3,5-6,9-11,13,17H2,1H3. The summed E-state index contributed by atoms with van der Waals surface area (Å²) in [6.45, 7) is 3.01. The monoisotopic (exact) mass is 262 g/mol. The summed E-state index contributed by atoms with van der Waals surface area (Å²) in [5.41, 5.74) is 6.89. The van der Waals surface area contributed by atoms with E-state index in [0.717, 1.165) is 38.1 Å². The molecule has 106 valence electrons. The summed E-state index contributed by atoms with van der Waals surface area (Å²) in [4.78, 5) is 2.35. The number of likely N-dealkylation sites (N-methyl/N-ethyl adjacent to an activating group) is 1. The van der Waals surface area contributed by atoms with Crippen molar-refractivity contribution in [2.75, 3.05) is 26.7 Å². The highest BCUT2D eigenvalue weighted by Crippen LogP contribution is 2.20. The van der Waals surface area contributed by atoms with Crippen molar-refractivity contribution in [3.8, 4) is 5.75 Å². The molecule has 2 N–H and O–H groups in total. The second-order valence-electron chi connectivity index (χ2n) is 5.54. The molecule has 0 radical (unpaired) electrons. The smallest absolute Gasteiger partial charge is 0.120 e. The Morgan fingerprint density at radius 1 is 1.37 bits per heavy atom. The molecule has 1 unspecified atom stereocenters. The van der Waals surface area contributed by atoms with Gasteiger partial charge < -0.3 is 15.4 Å². The molecule has 2 rings (SSSR count). The number of hydrogen-bond donors (Lipinski definition) is 1. The molecular formula is C16H26N2O. The topological polar surface area (TPSA) is 38.5 Å². The van der Waals surface area contributed by atoms with E-state index >= 15 is 0 Å². The first kappa shape index (κ1) is 14.4. The maximum Gasteiger partial charge on any atom is 0.120 e. The van der Waals surface area contributed by atoms with Crippen LogP contribution in [0.2, 0.25) is 0 Å². The summed E-state index contributed by atoms with van der Waals surface area (Å²) in [6, 6.07) is 8.53. The Morgan fingerprint density at radius 2 is 2.26 bits per heavy atom. The van der Waals surface area contributed by atoms with Gasteiger partial charge in [0.15, 0.2) is 0 Å². The van der Waals surface area contributed by atoms with Crippen molar-refractivity contribution < 1.29 is 4.74 Å². The predicted molar refractivity (Wildman–Crippen MR) is 79.6 cm³/mol. The lowest BCUT2D eigenvalue weighted by Crippen LogP contribution is -2.38. The summed E-state index contributed by atoms with van der Waals surface area (Å²) < 4.78 is 6.11. The van der Waals surface area contributed by atoms with Crippen LogP contribution in [0, 0.1) is 0 Å². The van der Waals surface area contributed by atoms with Crippen LogP contribution in [0.15, 0.2) is 24.3 Å². The molecule has 1 atom stereocenters. The van der Waals surface area contributed by atoms with Crippen LogP contribution in [0.1, 0.15) is 31.2 Å². The Kier molecular flexibility index (Phi) is 5.67. The van der Waals surface area contributed by atoms with Gasteiger partial charge in [-0.3, -0.25) is 0 Å². The Labute approximate surface area is 116 Å². The van der Waals surface area contributed by atoms with Gasteiger partial charge in [-0.1, -0.05) is 12.1 Å². The van der Waals surface area contributed by atoms with E-state index in [1.165, 1.54) is 24.9 Å². The zero-order valence-corrected chi connectivity index (χ0v) is 12.0. The lowest BCUT2D eigenvalue weighted by atomic mass is 10.1. The van der Waals surface area contributed by atoms with Gasteiger partial charge in [0.2, 0.25) is 0 Å². The van der Waals surface area contributed by atoms with E-state index in [1.54, 1.807) is 0 Å². The first-order valence-corrected chi connectivity index (χ1v) is 7.42. The van der Waals surface area contributed by atoms with Crippen LogP contribution in [0.25, 0.3) is 0 Å². The average Bonchev–Trinajstić information content (AvgIpc) is 2.39. The second-order valence-corrected chi connectivity index (χ2v) is 5.54. The summed E-state index contributed by atoms with van der Waals surface area (Å²) in [6.07, 6.45) is 6.10. The van der Waals surface area contributed by atoms with Gasteiger partial charge in [-0.05, 0) is 69.9 Å². The lowest BCUT2D eigenvalue weighted by Gasteiger charge is -2.30. The molecule has 0 amide bonds. The number of nitrogens with zero attached hydrogens (tertiary/aromatic N) is 1. The van der Waals surface area contributed by atoms with Crippen LogP contribution in [0.5, 0.6) is 5.75 Å². The maximum atomic E-state index is 6.11. The number of hydrogen-bond acceptors (Lipinski definition) is 3. The molecule has 1 aliphatic rings. The molecule has 1 aromatic rings. The van der Waals surface area contributed by atoms with Crippen molar-refractivity contribution in [1.29, 1.82) is 0 Å². The van der Waals surface area contributed by atoms with E-state index in [9.17, 15) is 0 Å². The molecule has 0 saturated carbocycles. The number of piperidine rings is 1. The fraction of sp³-hybridized carbons (Fsp3) is 0.625. The molecule has 1 aromatic carbocycles. The van der Waals surface area contributed by atoms with Gasteiger partial charge in [-0.15, -0.1) is 0 Å². The van der Waals surface area contributed by atoms with Gasteiger partial charge in [0.05, 0.1) is 0 Å². The Hall–Kier alpha value is -1.06. The van der Waals surface area contributed by atoms with Gasteiger partial charge in [-0.2, -0.15) is 0 Å². The Morgan fingerprint density at radius 3 is 3.05 bits per heavy atom. The number of aryl methyl sites for hydroxylation is 1. The molecule has 0 bridgehead atoms. The number of unbranched alkanes of at least 4 members (excludes halogenated alkanes) is 1. The van der Waals surface area contributed by atoms with E-state index < -0.39 is 0 Å². The number of benzene rings is 1. The molecule has 0 spiro atoms. The van der Waals surface area contributed by atoms with E-state index in [-0.39, 0.29) is 0 Å². The summed E-state index contributed by atoms with van der Waals surface area (Å²) in [7, 11) is 2.17. The minimum Gasteiger partial charge on any atom is -0.489 e. The number of likely N-dealkylation sites (tertiary alicyclic amines) is 1. The van der Waals surface area contributed by atoms with E-state index in [4.69, 9.17) is 10.5 Å². The van der Waals surface area contributed by atoms with Gasteiger partial charge in [0.1, 0.15) is 11.9 Å². The highest BCUT2D eigenvalue weighted by molar-refractivity contribution is 5.28. The van der Waals surface area contributed by atoms with Gasteiger partial charge in [0, 0.05) is 6.54 Å². The Bertz CT molecular complexity index is 381. The van der Waals surface area contributed by atoms with Gasteiger partial charge in [-0.25, -0.2) is 0 Å². The van der Waals surface area contributed by atoms with Crippen LogP contribution in [-0.2, 0) is 6.42 Å². The second kappa shape index (κ2) is 7.51. The SMILES string of the molecule is CN1CCCC(Oc2cccc(CCCCN)c2)C1. The predicted octanol–water partition coefficient (Wildman–Crippen LogP) is 2.44. The zero-order valence-electron chi connectivity index (χ0n) is 12.0. The third kappa shape index (κ3) is 4.84. The van der Waals surface area contributed by atoms with Gasteiger partial charge in [0.25, 0.3) is 0 Å². The van der Waals surface area contributed by atoms with Crippen molar-refractivity contribution in [3.05, 3.63) is 29.8 Å². The number of rotatable bonds is 6. The highest BCUT2D eigenvalue weighted by atomic mass is 16.5. The van der Waals surface area contributed by atoms with Crippen molar-refractivity contribution in [1.82, 2.24) is 4.90 Å². The summed E-state index contributed by atoms with van der Waals surface area (Å²) >= 11 is 0. The molecule has 19 heavy (non-hydrogen) atoms. The molecule has 3 nitrogen and oxygen atoms in total. The highest BCUT2D eigenvalue weighted by Gasteiger charge is 2.18. The molecular weight excluding hydrogens is 236 g/mol. The number of nitrogens with two attached hydrogens (primary N) is 1. The zero-order chi connectivity index (χ0) is 13.5. The third-order valence-corrected chi connectivity index (χ3v) is 3.70. The van der Waals surface area contributed by atoms with Crippen LogP contribution in [0.3, 0.4) is 0 Å². The lowest BCUT2D eigenvalue weighted by molar-refractivity contribution is 0.104. The van der Waals surface area contributed by atoms with Crippen LogP contribution in [0.4, 0.5) is 0 Å². The first-order chi connectivity index (χ1) is 9.28. The molecule has 1 fully saturated rings. The van der Waals surface area contributed by atoms with Crippen molar-refractivity contribution in [3.63, 3.8) is 0 Å². The number of ether oxygens (including phenoxy) is 1. The minimum absolute atomic E-state index is 0.345. The molecule has 1 heterocycles. The quantitative estimate of drug-likeness (QED) is 0.800. The fourth-order valence-corrected chi connectivity index (χ4v) is 2.66. The van der Waals surface area contributed by atoms with Crippen molar-refractivity contribution in [2.45, 2.75) is 38.2 Å². The fourth-order valence-electron chi connectivity index (χ4n) is 2.66. The molecule has 0 aliphatic carbocycles. The van der Waals surface area contributed by atoms with Crippen molar-refractivity contribution >= 4 is 0 Å². The first-order valence-electron chi connectivity index (χ1n) is 7.42. The molecule has 1 aliphatic heterocycles. The average molecular weight is 262 g/mol. The van der Waals surface area contributed by atoms with E-state index in [0.29, 0.717) is 6.10 Å². The Balaban J connectivity index is 1.87. The van der Waals surface area contributed by atoms with Crippen molar-refractivity contribution in [2.24, 2.45) is 5.73 Å². The summed E-state index contributed by atoms with van der Waals surface area (Å²) in [5, 5.41) is 0. The molecule has 1 saturated heterocycles. The van der Waals surface area contributed by atoms with Crippen LogP contribution >= 0.6 is 0 Å².